The normalized spacial score (nSPS) is 12.0. The van der Waals surface area contributed by atoms with Crippen LogP contribution in [0.25, 0.3) is 0 Å². The molecule has 2 aromatic rings. The summed E-state index contributed by atoms with van der Waals surface area (Å²) in [4.78, 5) is 17.1. The number of benzene rings is 1. The lowest BCUT2D eigenvalue weighted by Gasteiger charge is -2.09. The Labute approximate surface area is 165 Å². The number of nitrogens with zero attached hydrogens (tertiary/aromatic N) is 3. The molecule has 1 aromatic carbocycles. The molecule has 156 valence electrons. The fraction of sp³-hybridized carbons (Fsp3) is 0.368. The summed E-state index contributed by atoms with van der Waals surface area (Å²) in [6, 6.07) is 4.76. The van der Waals surface area contributed by atoms with Gasteiger partial charge in [0, 0.05) is 12.6 Å². The average molecular weight is 410 g/mol. The van der Waals surface area contributed by atoms with Crippen LogP contribution in [0, 0.1) is 5.41 Å². The van der Waals surface area contributed by atoms with E-state index in [4.69, 9.17) is 10.2 Å². The van der Waals surface area contributed by atoms with Gasteiger partial charge in [-0.25, -0.2) is 4.79 Å². The zero-order valence-corrected chi connectivity index (χ0v) is 16.4. The van der Waals surface area contributed by atoms with E-state index in [1.54, 1.807) is 7.05 Å². The molecule has 0 bridgehead atoms. The van der Waals surface area contributed by atoms with E-state index < -0.39 is 17.7 Å². The number of aryl methyl sites for hydroxylation is 2. The third kappa shape index (κ3) is 5.01. The average Bonchev–Trinajstić information content (AvgIpc) is 3.01. The molecule has 0 radical (unpaired) electrons. The molecule has 1 aromatic heterocycles. The van der Waals surface area contributed by atoms with E-state index in [1.807, 2.05) is 6.92 Å². The minimum Gasteiger partial charge on any atom is -0.464 e. The molecule has 1 N–H and O–H groups in total. The number of aromatic nitrogens is 2. The second-order valence-corrected chi connectivity index (χ2v) is 6.15. The van der Waals surface area contributed by atoms with Crippen molar-refractivity contribution >= 4 is 17.4 Å². The van der Waals surface area contributed by atoms with Gasteiger partial charge in [-0.05, 0) is 31.0 Å². The molecule has 0 saturated heterocycles. The Bertz CT molecular complexity index is 949. The van der Waals surface area contributed by atoms with Crippen LogP contribution < -0.4 is 0 Å². The molecule has 2 rings (SSSR count). The summed E-state index contributed by atoms with van der Waals surface area (Å²) in [7, 11) is 2.76. The van der Waals surface area contributed by atoms with E-state index in [-0.39, 0.29) is 29.3 Å². The van der Waals surface area contributed by atoms with Gasteiger partial charge in [-0.2, -0.15) is 18.3 Å². The Morgan fingerprint density at radius 1 is 1.34 bits per heavy atom. The zero-order chi connectivity index (χ0) is 21.8. The van der Waals surface area contributed by atoms with Crippen LogP contribution in [0.15, 0.2) is 29.4 Å². The van der Waals surface area contributed by atoms with Crippen molar-refractivity contribution in [1.29, 1.82) is 5.41 Å². The van der Waals surface area contributed by atoms with E-state index in [2.05, 4.69) is 15.0 Å². The van der Waals surface area contributed by atoms with Crippen LogP contribution in [0.1, 0.15) is 41.9 Å². The lowest BCUT2D eigenvalue weighted by Crippen LogP contribution is -2.20. The molecule has 0 unspecified atom stereocenters. The highest BCUT2D eigenvalue weighted by Crippen LogP contribution is 2.29. The highest BCUT2D eigenvalue weighted by atomic mass is 19.4. The second-order valence-electron chi connectivity index (χ2n) is 6.15. The lowest BCUT2D eigenvalue weighted by atomic mass is 10.1. The first kappa shape index (κ1) is 22.1. The van der Waals surface area contributed by atoms with Gasteiger partial charge >= 0.3 is 12.1 Å². The van der Waals surface area contributed by atoms with Gasteiger partial charge in [0.25, 0.3) is 0 Å². The van der Waals surface area contributed by atoms with Crippen molar-refractivity contribution in [1.82, 2.24) is 9.78 Å². The largest absolute Gasteiger partial charge is 0.464 e. The first-order valence-electron chi connectivity index (χ1n) is 8.66. The van der Waals surface area contributed by atoms with Crippen molar-refractivity contribution in [2.24, 2.45) is 12.2 Å². The molecule has 29 heavy (non-hydrogen) atoms. The number of alkyl halides is 3. The molecular formula is C19H21F3N4O3. The fourth-order valence-corrected chi connectivity index (χ4v) is 2.74. The van der Waals surface area contributed by atoms with Crippen LogP contribution in [0.4, 0.5) is 13.2 Å². The predicted octanol–water partition coefficient (Wildman–Crippen LogP) is 3.48. The predicted molar refractivity (Wildman–Crippen MR) is 99.9 cm³/mol. The Balaban J connectivity index is 2.26. The van der Waals surface area contributed by atoms with Gasteiger partial charge in [0.15, 0.2) is 5.71 Å². The SMILES string of the molecule is CCc1nn(C)c(C(=N)C(=O)OC)c1CO/N=C(/C)c1cccc(C(F)(F)F)c1. The van der Waals surface area contributed by atoms with Crippen LogP contribution in [0.5, 0.6) is 0 Å². The maximum Gasteiger partial charge on any atom is 0.416 e. The number of nitrogens with one attached hydrogen (secondary N) is 1. The van der Waals surface area contributed by atoms with Gasteiger partial charge in [0.2, 0.25) is 0 Å². The van der Waals surface area contributed by atoms with Crippen molar-refractivity contribution in [3.05, 3.63) is 52.3 Å². The van der Waals surface area contributed by atoms with E-state index >= 15 is 0 Å². The standard InChI is InChI=1S/C19H21F3N4O3/c1-5-15-14(17(26(3)24-15)16(23)18(27)28-4)10-29-25-11(2)12-7-6-8-13(9-12)19(20,21)22/h6-9,23H,5,10H2,1-4H3/b23-16?,25-11-. The number of hydrogen-bond acceptors (Lipinski definition) is 6. The number of carbonyl (C=O) groups is 1. The van der Waals surface area contributed by atoms with Gasteiger partial charge in [-0.1, -0.05) is 24.2 Å². The summed E-state index contributed by atoms with van der Waals surface area (Å²) in [5, 5.41) is 16.2. The lowest BCUT2D eigenvalue weighted by molar-refractivity contribution is -0.137. The van der Waals surface area contributed by atoms with Gasteiger partial charge in [0.05, 0.1) is 24.1 Å². The Morgan fingerprint density at radius 2 is 2.03 bits per heavy atom. The number of methoxy groups -OCH3 is 1. The second kappa shape index (κ2) is 8.89. The molecule has 0 fully saturated rings. The summed E-state index contributed by atoms with van der Waals surface area (Å²) < 4.78 is 44.6. The zero-order valence-electron chi connectivity index (χ0n) is 16.4. The van der Waals surface area contributed by atoms with Crippen LogP contribution >= 0.6 is 0 Å². The Morgan fingerprint density at radius 3 is 2.62 bits per heavy atom. The molecule has 0 spiro atoms. The molecule has 0 saturated carbocycles. The first-order valence-corrected chi connectivity index (χ1v) is 8.66. The summed E-state index contributed by atoms with van der Waals surface area (Å²) in [6.45, 7) is 3.27. The van der Waals surface area contributed by atoms with E-state index in [0.717, 1.165) is 12.1 Å². The van der Waals surface area contributed by atoms with Crippen molar-refractivity contribution in [2.75, 3.05) is 7.11 Å². The van der Waals surface area contributed by atoms with Crippen LogP contribution in [-0.2, 0) is 40.6 Å². The van der Waals surface area contributed by atoms with Gasteiger partial charge in [-0.3, -0.25) is 10.1 Å². The Hall–Kier alpha value is -3.17. The number of halogens is 3. The van der Waals surface area contributed by atoms with Gasteiger partial charge in [-0.15, -0.1) is 0 Å². The van der Waals surface area contributed by atoms with Crippen molar-refractivity contribution in [3.63, 3.8) is 0 Å². The number of carbonyl (C=O) groups excluding carboxylic acids is 1. The maximum atomic E-state index is 12.9. The van der Waals surface area contributed by atoms with Crippen LogP contribution in [0.2, 0.25) is 0 Å². The quantitative estimate of drug-likeness (QED) is 0.430. The van der Waals surface area contributed by atoms with Crippen molar-refractivity contribution < 1.29 is 27.5 Å². The van der Waals surface area contributed by atoms with Crippen LogP contribution in [-0.4, -0.2) is 34.3 Å². The molecule has 1 heterocycles. The number of esters is 1. The van der Waals surface area contributed by atoms with Crippen molar-refractivity contribution in [3.8, 4) is 0 Å². The van der Waals surface area contributed by atoms with Crippen molar-refractivity contribution in [2.45, 2.75) is 33.1 Å². The summed E-state index contributed by atoms with van der Waals surface area (Å²) in [5.74, 6) is -0.819. The topological polar surface area (TPSA) is 89.6 Å². The number of oxime groups is 1. The first-order chi connectivity index (χ1) is 13.6. The van der Waals surface area contributed by atoms with E-state index in [9.17, 15) is 18.0 Å². The summed E-state index contributed by atoms with van der Waals surface area (Å²) in [6.07, 6.45) is -3.93. The fourth-order valence-electron chi connectivity index (χ4n) is 2.74. The number of ether oxygens (including phenoxy) is 1. The molecule has 7 nitrogen and oxygen atoms in total. The molecular weight excluding hydrogens is 389 g/mol. The van der Waals surface area contributed by atoms with E-state index in [0.29, 0.717) is 17.7 Å². The number of rotatable bonds is 7. The maximum absolute atomic E-state index is 12.9. The third-order valence-corrected chi connectivity index (χ3v) is 4.21. The molecule has 0 aliphatic heterocycles. The van der Waals surface area contributed by atoms with Crippen LogP contribution in [0.3, 0.4) is 0 Å². The summed E-state index contributed by atoms with van der Waals surface area (Å²) in [5.41, 5.74) is 0.708. The number of hydrogen-bond donors (Lipinski definition) is 1. The van der Waals surface area contributed by atoms with Gasteiger partial charge < -0.3 is 9.57 Å². The molecule has 0 aliphatic rings. The molecule has 10 heteroatoms. The highest BCUT2D eigenvalue weighted by Gasteiger charge is 2.30. The third-order valence-electron chi connectivity index (χ3n) is 4.21. The minimum atomic E-state index is -4.45. The van der Waals surface area contributed by atoms with Gasteiger partial charge in [0.1, 0.15) is 12.3 Å². The van der Waals surface area contributed by atoms with E-state index in [1.165, 1.54) is 30.8 Å². The molecule has 0 aliphatic carbocycles. The molecule has 0 amide bonds. The smallest absolute Gasteiger partial charge is 0.416 e. The minimum absolute atomic E-state index is 0.109. The summed E-state index contributed by atoms with van der Waals surface area (Å²) >= 11 is 0. The molecule has 0 atom stereocenters. The monoisotopic (exact) mass is 410 g/mol. The Kier molecular flexibility index (Phi) is 6.78. The highest BCUT2D eigenvalue weighted by molar-refractivity contribution is 6.41.